The van der Waals surface area contributed by atoms with Gasteiger partial charge in [-0.1, -0.05) is 214 Å². The number of hydrogen-bond acceptors (Lipinski definition) is 1. The number of nitrogens with zero attached hydrogens (tertiary/aromatic N) is 1. The molecule has 0 saturated heterocycles. The third kappa shape index (κ3) is 6.60. The standard InChI is InChI=1S/C61H45N/c1-61(2)58-23-9-8-20-57(58)60-56(22-12-24-59(60)61)49-35-39-52(40-36-49)62(51-37-33-45(34-38-51)44-27-25-43(26-28-44)42-13-4-3-5-14-42)53-18-10-17-50(41-53)46-29-31-48(32-30-46)55-21-11-16-47-15-6-7-19-54(47)55/h3-41H,1-2H3. The third-order valence-corrected chi connectivity index (χ3v) is 12.9. The summed E-state index contributed by atoms with van der Waals surface area (Å²) >= 11 is 0. The van der Waals surface area contributed by atoms with Crippen LogP contribution in [0.3, 0.4) is 0 Å². The van der Waals surface area contributed by atoms with E-state index in [-0.39, 0.29) is 5.41 Å². The molecule has 0 fully saturated rings. The zero-order valence-electron chi connectivity index (χ0n) is 35.0. The van der Waals surface area contributed by atoms with E-state index in [1.54, 1.807) is 0 Å². The molecule has 0 aliphatic heterocycles. The lowest BCUT2D eigenvalue weighted by molar-refractivity contribution is 0.660. The van der Waals surface area contributed by atoms with Crippen molar-refractivity contribution in [2.24, 2.45) is 0 Å². The molecule has 10 aromatic rings. The quantitative estimate of drug-likeness (QED) is 0.148. The number of anilines is 3. The van der Waals surface area contributed by atoms with Crippen molar-refractivity contribution in [2.75, 3.05) is 4.90 Å². The van der Waals surface area contributed by atoms with Crippen LogP contribution in [0.5, 0.6) is 0 Å². The maximum Gasteiger partial charge on any atom is 0.0467 e. The van der Waals surface area contributed by atoms with Crippen LogP contribution >= 0.6 is 0 Å². The molecule has 0 atom stereocenters. The maximum absolute atomic E-state index is 2.38. The van der Waals surface area contributed by atoms with Crippen LogP contribution in [0.15, 0.2) is 237 Å². The molecule has 0 saturated carbocycles. The van der Waals surface area contributed by atoms with Gasteiger partial charge in [-0.3, -0.25) is 0 Å². The smallest absolute Gasteiger partial charge is 0.0467 e. The van der Waals surface area contributed by atoms with Crippen molar-refractivity contribution < 1.29 is 0 Å². The molecule has 0 N–H and O–H groups in total. The molecule has 62 heavy (non-hydrogen) atoms. The summed E-state index contributed by atoms with van der Waals surface area (Å²) in [5.74, 6) is 0. The minimum atomic E-state index is -0.0456. The molecule has 1 heteroatoms. The van der Waals surface area contributed by atoms with Crippen LogP contribution in [0.2, 0.25) is 0 Å². The van der Waals surface area contributed by atoms with Gasteiger partial charge in [0.25, 0.3) is 0 Å². The fourth-order valence-electron chi connectivity index (χ4n) is 9.66. The predicted molar refractivity (Wildman–Crippen MR) is 263 cm³/mol. The largest absolute Gasteiger partial charge is 0.310 e. The van der Waals surface area contributed by atoms with Crippen LogP contribution in [0.25, 0.3) is 77.5 Å². The second-order valence-electron chi connectivity index (χ2n) is 16.9. The fourth-order valence-corrected chi connectivity index (χ4v) is 9.66. The summed E-state index contributed by atoms with van der Waals surface area (Å²) < 4.78 is 0. The van der Waals surface area contributed by atoms with Gasteiger partial charge >= 0.3 is 0 Å². The molecule has 1 nitrogen and oxygen atoms in total. The highest BCUT2D eigenvalue weighted by atomic mass is 15.1. The van der Waals surface area contributed by atoms with Gasteiger partial charge in [-0.05, 0) is 125 Å². The van der Waals surface area contributed by atoms with Crippen molar-refractivity contribution in [3.05, 3.63) is 248 Å². The van der Waals surface area contributed by atoms with Gasteiger partial charge in [0.05, 0.1) is 0 Å². The van der Waals surface area contributed by atoms with Crippen LogP contribution in [0.4, 0.5) is 17.1 Å². The Morgan fingerprint density at radius 2 is 0.726 bits per heavy atom. The van der Waals surface area contributed by atoms with Gasteiger partial charge in [-0.15, -0.1) is 0 Å². The second kappa shape index (κ2) is 15.4. The Bertz CT molecular complexity index is 3210. The van der Waals surface area contributed by atoms with Crippen molar-refractivity contribution in [2.45, 2.75) is 19.3 Å². The van der Waals surface area contributed by atoms with Crippen molar-refractivity contribution in [3.63, 3.8) is 0 Å². The van der Waals surface area contributed by atoms with Gasteiger partial charge in [-0.25, -0.2) is 0 Å². The minimum Gasteiger partial charge on any atom is -0.310 e. The molecule has 0 amide bonds. The Kier molecular flexibility index (Phi) is 9.24. The first-order valence-electron chi connectivity index (χ1n) is 21.6. The van der Waals surface area contributed by atoms with E-state index in [4.69, 9.17) is 0 Å². The van der Waals surface area contributed by atoms with Crippen LogP contribution < -0.4 is 4.90 Å². The topological polar surface area (TPSA) is 3.24 Å². The first-order chi connectivity index (χ1) is 30.5. The number of fused-ring (bicyclic) bond motifs is 4. The molecule has 0 aromatic heterocycles. The summed E-state index contributed by atoms with van der Waals surface area (Å²) in [6.07, 6.45) is 0. The highest BCUT2D eigenvalue weighted by molar-refractivity contribution is 5.97. The molecule has 1 aliphatic rings. The van der Waals surface area contributed by atoms with Gasteiger partial charge in [0.1, 0.15) is 0 Å². The third-order valence-electron chi connectivity index (χ3n) is 12.9. The second-order valence-corrected chi connectivity index (χ2v) is 16.9. The SMILES string of the molecule is CC1(C)c2ccccc2-c2c(-c3ccc(N(c4ccc(-c5ccc(-c6ccccc6)cc5)cc4)c4cccc(-c5ccc(-c6cccc7ccccc67)cc5)c4)cc3)cccc21. The molecule has 294 valence electrons. The van der Waals surface area contributed by atoms with E-state index in [1.807, 2.05) is 0 Å². The summed E-state index contributed by atoms with van der Waals surface area (Å²) in [6.45, 7) is 4.70. The molecule has 0 bridgehead atoms. The maximum atomic E-state index is 2.38. The van der Waals surface area contributed by atoms with E-state index in [2.05, 4.69) is 255 Å². The minimum absolute atomic E-state index is 0.0456. The van der Waals surface area contributed by atoms with Crippen LogP contribution in [-0.4, -0.2) is 0 Å². The molecule has 0 unspecified atom stereocenters. The van der Waals surface area contributed by atoms with E-state index in [0.29, 0.717) is 0 Å². The molecule has 0 spiro atoms. The van der Waals surface area contributed by atoms with E-state index in [9.17, 15) is 0 Å². The summed E-state index contributed by atoms with van der Waals surface area (Å²) in [5, 5.41) is 2.53. The zero-order valence-corrected chi connectivity index (χ0v) is 35.0. The van der Waals surface area contributed by atoms with Crippen molar-refractivity contribution >= 4 is 27.8 Å². The average molecular weight is 792 g/mol. The van der Waals surface area contributed by atoms with E-state index in [1.165, 1.54) is 88.7 Å². The van der Waals surface area contributed by atoms with Crippen LogP contribution in [0.1, 0.15) is 25.0 Å². The summed E-state index contributed by atoms with van der Waals surface area (Å²) in [4.78, 5) is 2.38. The lowest BCUT2D eigenvalue weighted by atomic mass is 9.82. The van der Waals surface area contributed by atoms with Crippen LogP contribution in [0, 0.1) is 0 Å². The first-order valence-corrected chi connectivity index (χ1v) is 21.6. The molecule has 11 rings (SSSR count). The Labute approximate surface area is 364 Å². The van der Waals surface area contributed by atoms with Gasteiger partial charge < -0.3 is 4.90 Å². The average Bonchev–Trinajstić information content (AvgIpc) is 3.58. The van der Waals surface area contributed by atoms with Crippen LogP contribution in [-0.2, 0) is 5.41 Å². The summed E-state index contributed by atoms with van der Waals surface area (Å²) in [6, 6.07) is 86.4. The Hall–Kier alpha value is -7.74. The predicted octanol–water partition coefficient (Wildman–Crippen LogP) is 17.0. The van der Waals surface area contributed by atoms with Crippen molar-refractivity contribution in [1.29, 1.82) is 0 Å². The molecule has 1 aliphatic carbocycles. The van der Waals surface area contributed by atoms with Crippen molar-refractivity contribution in [3.8, 4) is 66.8 Å². The lowest BCUT2D eigenvalue weighted by Gasteiger charge is -2.26. The molecule has 0 radical (unpaired) electrons. The summed E-state index contributed by atoms with van der Waals surface area (Å²) in [5.41, 5.74) is 20.9. The Balaban J connectivity index is 0.963. The highest BCUT2D eigenvalue weighted by Gasteiger charge is 2.36. The molecular formula is C61H45N. The molecule has 10 aromatic carbocycles. The number of rotatable bonds is 8. The fraction of sp³-hybridized carbons (Fsp3) is 0.0492. The Morgan fingerprint density at radius 3 is 1.44 bits per heavy atom. The molecule has 0 heterocycles. The van der Waals surface area contributed by atoms with E-state index < -0.39 is 0 Å². The lowest BCUT2D eigenvalue weighted by Crippen LogP contribution is -2.14. The normalized spacial score (nSPS) is 12.5. The summed E-state index contributed by atoms with van der Waals surface area (Å²) in [7, 11) is 0. The number of hydrogen-bond donors (Lipinski definition) is 0. The number of benzene rings is 10. The highest BCUT2D eigenvalue weighted by Crippen LogP contribution is 2.52. The van der Waals surface area contributed by atoms with Gasteiger partial charge in [0, 0.05) is 22.5 Å². The van der Waals surface area contributed by atoms with Gasteiger partial charge in [-0.2, -0.15) is 0 Å². The monoisotopic (exact) mass is 791 g/mol. The first kappa shape index (κ1) is 37.3. The zero-order chi connectivity index (χ0) is 41.6. The van der Waals surface area contributed by atoms with Crippen molar-refractivity contribution in [1.82, 2.24) is 0 Å². The van der Waals surface area contributed by atoms with Gasteiger partial charge in [0.2, 0.25) is 0 Å². The molecular weight excluding hydrogens is 747 g/mol. The van der Waals surface area contributed by atoms with E-state index in [0.717, 1.165) is 17.1 Å². The van der Waals surface area contributed by atoms with Gasteiger partial charge in [0.15, 0.2) is 0 Å². The van der Waals surface area contributed by atoms with E-state index >= 15 is 0 Å². The Morgan fingerprint density at radius 1 is 0.290 bits per heavy atom.